The molecule has 8 nitrogen and oxygen atoms in total. The van der Waals surface area contributed by atoms with Crippen LogP contribution in [0.5, 0.6) is 0 Å². The van der Waals surface area contributed by atoms with Crippen molar-refractivity contribution in [2.24, 2.45) is 0 Å². The number of aliphatic hydroxyl groups excluding tert-OH is 4. The van der Waals surface area contributed by atoms with E-state index in [2.05, 4.69) is 0 Å². The van der Waals surface area contributed by atoms with Crippen molar-refractivity contribution in [1.82, 2.24) is 0 Å². The lowest BCUT2D eigenvalue weighted by molar-refractivity contribution is -0.218. The molecular formula is C8H12O8. The summed E-state index contributed by atoms with van der Waals surface area (Å²) in [7, 11) is 0. The lowest BCUT2D eigenvalue weighted by Gasteiger charge is -2.34. The normalized spacial score (nSPS) is 48.2. The van der Waals surface area contributed by atoms with Crippen LogP contribution in [0.25, 0.3) is 0 Å². The van der Waals surface area contributed by atoms with E-state index >= 15 is 0 Å². The smallest absolute Gasteiger partial charge is 0.367 e. The summed E-state index contributed by atoms with van der Waals surface area (Å²) in [6.07, 6.45) is -7.04. The Kier molecular flexibility index (Phi) is 2.65. The molecule has 2 rings (SSSR count). The third kappa shape index (κ3) is 1.43. The van der Waals surface area contributed by atoms with Gasteiger partial charge in [-0.15, -0.1) is 0 Å². The van der Waals surface area contributed by atoms with Gasteiger partial charge in [-0.3, -0.25) is 0 Å². The van der Waals surface area contributed by atoms with Crippen molar-refractivity contribution in [2.75, 3.05) is 6.61 Å². The largest absolute Gasteiger partial charge is 0.477 e. The number of epoxide rings is 1. The van der Waals surface area contributed by atoms with E-state index in [1.54, 1.807) is 0 Å². The lowest BCUT2D eigenvalue weighted by Crippen LogP contribution is -2.58. The Bertz CT molecular complexity index is 306. The molecule has 0 amide bonds. The average Bonchev–Trinajstić information content (AvgIpc) is 2.98. The molecule has 8 heteroatoms. The zero-order valence-electron chi connectivity index (χ0n) is 8.05. The second-order valence-corrected chi connectivity index (χ2v) is 3.82. The maximum absolute atomic E-state index is 10.8. The highest BCUT2D eigenvalue weighted by Crippen LogP contribution is 2.47. The van der Waals surface area contributed by atoms with Crippen LogP contribution >= 0.6 is 0 Å². The monoisotopic (exact) mass is 236 g/mol. The number of hydrogen-bond acceptors (Lipinski definition) is 7. The summed E-state index contributed by atoms with van der Waals surface area (Å²) in [6, 6.07) is 0. The summed E-state index contributed by atoms with van der Waals surface area (Å²) in [5.74, 6) is -3.46. The number of rotatable bonds is 3. The zero-order valence-corrected chi connectivity index (χ0v) is 8.05. The number of ether oxygens (including phenoxy) is 2. The minimum atomic E-state index is -2.01. The Morgan fingerprint density at radius 1 is 1.31 bits per heavy atom. The summed E-state index contributed by atoms with van der Waals surface area (Å²) in [5, 5.41) is 45.9. The summed E-state index contributed by atoms with van der Waals surface area (Å²) in [5.41, 5.74) is 0. The van der Waals surface area contributed by atoms with E-state index in [1.807, 2.05) is 0 Å². The van der Waals surface area contributed by atoms with Crippen molar-refractivity contribution in [2.45, 2.75) is 36.3 Å². The van der Waals surface area contributed by atoms with Gasteiger partial charge in [0.05, 0.1) is 6.61 Å². The van der Waals surface area contributed by atoms with Crippen LogP contribution in [0.2, 0.25) is 0 Å². The van der Waals surface area contributed by atoms with E-state index in [4.69, 9.17) is 19.7 Å². The predicted molar refractivity (Wildman–Crippen MR) is 45.2 cm³/mol. The minimum absolute atomic E-state index is 0.727. The van der Waals surface area contributed by atoms with Crippen LogP contribution in [0, 0.1) is 0 Å². The number of aliphatic carboxylic acids is 1. The van der Waals surface area contributed by atoms with Gasteiger partial charge in [-0.1, -0.05) is 0 Å². The van der Waals surface area contributed by atoms with Crippen molar-refractivity contribution in [3.63, 3.8) is 0 Å². The van der Waals surface area contributed by atoms with Crippen molar-refractivity contribution in [1.29, 1.82) is 0 Å². The van der Waals surface area contributed by atoms with Crippen molar-refractivity contribution >= 4 is 5.97 Å². The first kappa shape index (κ1) is 11.7. The topological polar surface area (TPSA) is 140 Å². The third-order valence-electron chi connectivity index (χ3n) is 2.79. The molecule has 0 aromatic heterocycles. The molecule has 2 aliphatic heterocycles. The van der Waals surface area contributed by atoms with Crippen LogP contribution in [0.4, 0.5) is 0 Å². The molecule has 2 saturated heterocycles. The van der Waals surface area contributed by atoms with Crippen molar-refractivity contribution < 1.29 is 39.8 Å². The first-order valence-electron chi connectivity index (χ1n) is 4.68. The molecule has 0 radical (unpaired) electrons. The van der Waals surface area contributed by atoms with E-state index < -0.39 is 48.9 Å². The molecule has 6 atom stereocenters. The summed E-state index contributed by atoms with van der Waals surface area (Å²) >= 11 is 0. The maximum atomic E-state index is 10.8. The summed E-state index contributed by atoms with van der Waals surface area (Å²) in [6.45, 7) is -0.727. The molecule has 16 heavy (non-hydrogen) atoms. The van der Waals surface area contributed by atoms with Crippen LogP contribution in [0.15, 0.2) is 0 Å². The molecule has 0 saturated carbocycles. The number of hydrogen-bond donors (Lipinski definition) is 5. The zero-order chi connectivity index (χ0) is 12.1. The van der Waals surface area contributed by atoms with Crippen LogP contribution in [0.3, 0.4) is 0 Å². The van der Waals surface area contributed by atoms with Gasteiger partial charge in [0.25, 0.3) is 5.79 Å². The Morgan fingerprint density at radius 3 is 2.44 bits per heavy atom. The fourth-order valence-electron chi connectivity index (χ4n) is 1.82. The van der Waals surface area contributed by atoms with E-state index in [0.29, 0.717) is 0 Å². The van der Waals surface area contributed by atoms with E-state index in [1.165, 1.54) is 0 Å². The van der Waals surface area contributed by atoms with Crippen molar-refractivity contribution in [3.05, 3.63) is 0 Å². The maximum Gasteiger partial charge on any atom is 0.367 e. The molecule has 0 unspecified atom stereocenters. The molecule has 2 heterocycles. The SMILES string of the molecule is O=C(O)[C@]12O[C@H]([C@H](O)CO)[C@H](O)[C@H](O)[C@H]1O2. The molecular weight excluding hydrogens is 224 g/mol. The van der Waals surface area contributed by atoms with Crippen LogP contribution in [-0.4, -0.2) is 74.4 Å². The average molecular weight is 236 g/mol. The summed E-state index contributed by atoms with van der Waals surface area (Å²) in [4.78, 5) is 10.8. The molecule has 2 fully saturated rings. The summed E-state index contributed by atoms with van der Waals surface area (Å²) < 4.78 is 9.61. The molecule has 92 valence electrons. The molecule has 0 aliphatic carbocycles. The molecule has 0 bridgehead atoms. The number of carboxylic acid groups (broad SMARTS) is 1. The van der Waals surface area contributed by atoms with Gasteiger partial charge in [0.15, 0.2) is 6.10 Å². The first-order chi connectivity index (χ1) is 7.44. The van der Waals surface area contributed by atoms with Gasteiger partial charge in [-0.05, 0) is 0 Å². The molecule has 0 aromatic carbocycles. The quantitative estimate of drug-likeness (QED) is 0.320. The van der Waals surface area contributed by atoms with Gasteiger partial charge >= 0.3 is 5.97 Å². The van der Waals surface area contributed by atoms with Gasteiger partial charge in [0.1, 0.15) is 24.4 Å². The molecule has 2 aliphatic rings. The van der Waals surface area contributed by atoms with Gasteiger partial charge in [0.2, 0.25) is 0 Å². The van der Waals surface area contributed by atoms with Crippen molar-refractivity contribution in [3.8, 4) is 0 Å². The number of aliphatic hydroxyl groups is 4. The molecule has 5 N–H and O–H groups in total. The van der Waals surface area contributed by atoms with E-state index in [0.717, 1.165) is 0 Å². The highest BCUT2D eigenvalue weighted by molar-refractivity contribution is 5.80. The van der Waals surface area contributed by atoms with E-state index in [-0.39, 0.29) is 0 Å². The molecule has 0 spiro atoms. The van der Waals surface area contributed by atoms with Gasteiger partial charge < -0.3 is 35.0 Å². The van der Waals surface area contributed by atoms with Crippen LogP contribution in [-0.2, 0) is 14.3 Å². The third-order valence-corrected chi connectivity index (χ3v) is 2.79. The Balaban J connectivity index is 2.19. The number of carbonyl (C=O) groups is 1. The standard InChI is InChI=1S/C8H12O8/c9-1-2(10)5-3(11)4(12)6-8(15-5,16-6)7(13)14/h2-6,9-12H,1H2,(H,13,14)/t2-,3-,4+,5-,6-,8+/m1/s1. The highest BCUT2D eigenvalue weighted by atomic mass is 16.8. The molecule has 0 aromatic rings. The second-order valence-electron chi connectivity index (χ2n) is 3.82. The van der Waals surface area contributed by atoms with Gasteiger partial charge in [-0.2, -0.15) is 0 Å². The Labute approximate surface area is 89.6 Å². The Morgan fingerprint density at radius 2 is 1.94 bits per heavy atom. The second kappa shape index (κ2) is 3.62. The first-order valence-corrected chi connectivity index (χ1v) is 4.68. The van der Waals surface area contributed by atoms with E-state index in [9.17, 15) is 20.1 Å². The minimum Gasteiger partial charge on any atom is -0.477 e. The van der Waals surface area contributed by atoms with Gasteiger partial charge in [-0.25, -0.2) is 4.79 Å². The Hall–Kier alpha value is -0.770. The fourth-order valence-corrected chi connectivity index (χ4v) is 1.82. The van der Waals surface area contributed by atoms with Gasteiger partial charge in [0, 0.05) is 0 Å². The van der Waals surface area contributed by atoms with Crippen LogP contribution < -0.4 is 0 Å². The lowest BCUT2D eigenvalue weighted by atomic mass is 9.95. The number of carboxylic acids is 1. The number of fused-ring (bicyclic) bond motifs is 1. The highest BCUT2D eigenvalue weighted by Gasteiger charge is 2.74. The van der Waals surface area contributed by atoms with Crippen LogP contribution in [0.1, 0.15) is 0 Å². The predicted octanol–water partition coefficient (Wildman–Crippen LogP) is -3.36. The fraction of sp³-hybridized carbons (Fsp3) is 0.875.